The van der Waals surface area contributed by atoms with Crippen LogP contribution in [0.4, 0.5) is 20.2 Å². The number of anilines is 2. The lowest BCUT2D eigenvalue weighted by Gasteiger charge is -2.12. The Kier molecular flexibility index (Phi) is 4.20. The zero-order valence-electron chi connectivity index (χ0n) is 10.8. The highest BCUT2D eigenvalue weighted by atomic mass is 79.9. The Morgan fingerprint density at radius 1 is 1.14 bits per heavy atom. The van der Waals surface area contributed by atoms with Gasteiger partial charge in [0.05, 0.1) is 10.6 Å². The third-order valence-corrected chi connectivity index (χ3v) is 4.77. The lowest BCUT2D eigenvalue weighted by atomic mass is 10.2. The van der Waals surface area contributed by atoms with Crippen molar-refractivity contribution in [3.63, 3.8) is 0 Å². The Labute approximate surface area is 129 Å². The second kappa shape index (κ2) is 5.61. The summed E-state index contributed by atoms with van der Waals surface area (Å²) in [5.74, 6) is -1.49. The van der Waals surface area contributed by atoms with Gasteiger partial charge >= 0.3 is 0 Å². The normalized spacial score (nSPS) is 11.4. The maximum atomic E-state index is 13.6. The van der Waals surface area contributed by atoms with E-state index in [4.69, 9.17) is 5.73 Å². The van der Waals surface area contributed by atoms with Crippen LogP contribution in [0, 0.1) is 18.6 Å². The summed E-state index contributed by atoms with van der Waals surface area (Å²) >= 11 is 3.12. The van der Waals surface area contributed by atoms with Crippen LogP contribution in [0.3, 0.4) is 0 Å². The molecule has 0 aliphatic rings. The Morgan fingerprint density at radius 2 is 1.81 bits per heavy atom. The van der Waals surface area contributed by atoms with E-state index in [-0.39, 0.29) is 21.8 Å². The molecule has 0 aliphatic heterocycles. The molecule has 0 aliphatic carbocycles. The molecule has 0 heterocycles. The van der Waals surface area contributed by atoms with E-state index in [0.717, 1.165) is 18.2 Å². The predicted molar refractivity (Wildman–Crippen MR) is 80.5 cm³/mol. The van der Waals surface area contributed by atoms with Crippen molar-refractivity contribution < 1.29 is 17.2 Å². The summed E-state index contributed by atoms with van der Waals surface area (Å²) in [6, 6.07) is 5.95. The predicted octanol–water partition coefficient (Wildman–Crippen LogP) is 3.42. The summed E-state index contributed by atoms with van der Waals surface area (Å²) in [6.07, 6.45) is 0. The summed E-state index contributed by atoms with van der Waals surface area (Å²) in [5, 5.41) is 0. The van der Waals surface area contributed by atoms with E-state index in [0.29, 0.717) is 4.47 Å². The minimum Gasteiger partial charge on any atom is -0.399 e. The topological polar surface area (TPSA) is 72.2 Å². The van der Waals surface area contributed by atoms with Gasteiger partial charge in [-0.15, -0.1) is 0 Å². The van der Waals surface area contributed by atoms with Gasteiger partial charge in [-0.25, -0.2) is 17.2 Å². The quantitative estimate of drug-likeness (QED) is 0.806. The second-order valence-corrected chi connectivity index (χ2v) is 6.92. The molecule has 0 saturated heterocycles. The molecule has 21 heavy (non-hydrogen) atoms. The van der Waals surface area contributed by atoms with E-state index in [1.165, 1.54) is 19.1 Å². The van der Waals surface area contributed by atoms with Gasteiger partial charge in [0.1, 0.15) is 11.6 Å². The first-order valence-electron chi connectivity index (χ1n) is 5.74. The lowest BCUT2D eigenvalue weighted by molar-refractivity contribution is 0.589. The van der Waals surface area contributed by atoms with Crippen LogP contribution < -0.4 is 10.5 Å². The van der Waals surface area contributed by atoms with E-state index in [1.807, 2.05) is 0 Å². The summed E-state index contributed by atoms with van der Waals surface area (Å²) in [6.45, 7) is 1.31. The molecule has 2 aromatic rings. The first kappa shape index (κ1) is 15.7. The summed E-state index contributed by atoms with van der Waals surface area (Å²) in [4.78, 5) is -0.334. The van der Waals surface area contributed by atoms with Gasteiger partial charge in [-0.2, -0.15) is 0 Å². The molecular weight excluding hydrogens is 366 g/mol. The largest absolute Gasteiger partial charge is 0.399 e. The maximum absolute atomic E-state index is 13.6. The van der Waals surface area contributed by atoms with Crippen molar-refractivity contribution >= 4 is 37.3 Å². The van der Waals surface area contributed by atoms with Crippen LogP contribution in [-0.4, -0.2) is 8.42 Å². The minimum atomic E-state index is -4.16. The lowest BCUT2D eigenvalue weighted by Crippen LogP contribution is -2.16. The molecule has 0 atom stereocenters. The molecule has 0 fully saturated rings. The molecule has 2 aromatic carbocycles. The molecule has 0 saturated carbocycles. The summed E-state index contributed by atoms with van der Waals surface area (Å²) < 4.78 is 54.4. The smallest absolute Gasteiger partial charge is 0.262 e. The number of halogens is 3. The van der Waals surface area contributed by atoms with Crippen LogP contribution in [0.15, 0.2) is 39.7 Å². The van der Waals surface area contributed by atoms with Gasteiger partial charge in [0.25, 0.3) is 10.0 Å². The highest BCUT2D eigenvalue weighted by Crippen LogP contribution is 2.26. The number of nitrogens with two attached hydrogens (primary N) is 1. The maximum Gasteiger partial charge on any atom is 0.262 e. The monoisotopic (exact) mass is 376 g/mol. The number of hydrogen-bond acceptors (Lipinski definition) is 3. The number of benzene rings is 2. The van der Waals surface area contributed by atoms with Crippen LogP contribution in [0.5, 0.6) is 0 Å². The zero-order chi connectivity index (χ0) is 15.8. The first-order valence-corrected chi connectivity index (χ1v) is 8.02. The van der Waals surface area contributed by atoms with Crippen molar-refractivity contribution in [2.45, 2.75) is 11.8 Å². The molecule has 8 heteroatoms. The molecule has 0 spiro atoms. The Hall–Kier alpha value is -1.67. The van der Waals surface area contributed by atoms with Gasteiger partial charge < -0.3 is 5.73 Å². The Morgan fingerprint density at radius 3 is 2.48 bits per heavy atom. The molecule has 4 nitrogen and oxygen atoms in total. The highest BCUT2D eigenvalue weighted by molar-refractivity contribution is 9.10. The van der Waals surface area contributed by atoms with Crippen molar-refractivity contribution in [1.82, 2.24) is 0 Å². The Bertz CT molecular complexity index is 810. The van der Waals surface area contributed by atoms with Crippen molar-refractivity contribution in [2.75, 3.05) is 10.5 Å². The average molecular weight is 377 g/mol. The Balaban J connectivity index is 2.51. The molecule has 0 bridgehead atoms. The molecule has 0 radical (unpaired) electrons. The molecule has 112 valence electrons. The number of nitrogens with one attached hydrogen (secondary N) is 1. The van der Waals surface area contributed by atoms with Crippen LogP contribution in [0.25, 0.3) is 0 Å². The average Bonchev–Trinajstić information content (AvgIpc) is 2.37. The molecular formula is C13H11BrF2N2O2S. The third-order valence-electron chi connectivity index (χ3n) is 2.78. The fraction of sp³-hybridized carbons (Fsp3) is 0.0769. The van der Waals surface area contributed by atoms with Crippen molar-refractivity contribution in [3.05, 3.63) is 52.0 Å². The van der Waals surface area contributed by atoms with E-state index >= 15 is 0 Å². The van der Waals surface area contributed by atoms with Crippen LogP contribution in [0.2, 0.25) is 0 Å². The second-order valence-electron chi connectivity index (χ2n) is 4.36. The zero-order valence-corrected chi connectivity index (χ0v) is 13.2. The van der Waals surface area contributed by atoms with E-state index in [1.54, 1.807) is 0 Å². The van der Waals surface area contributed by atoms with Gasteiger partial charge in [0, 0.05) is 15.7 Å². The molecule has 3 N–H and O–H groups in total. The van der Waals surface area contributed by atoms with E-state index in [2.05, 4.69) is 20.7 Å². The fourth-order valence-electron chi connectivity index (χ4n) is 1.73. The van der Waals surface area contributed by atoms with Gasteiger partial charge in [0.15, 0.2) is 0 Å². The molecule has 0 amide bonds. The molecule has 0 aromatic heterocycles. The number of hydrogen-bond donors (Lipinski definition) is 2. The summed E-state index contributed by atoms with van der Waals surface area (Å²) in [5.41, 5.74) is 5.09. The summed E-state index contributed by atoms with van der Waals surface area (Å²) in [7, 11) is -4.16. The third kappa shape index (κ3) is 3.33. The van der Waals surface area contributed by atoms with Crippen molar-refractivity contribution in [3.8, 4) is 0 Å². The SMILES string of the molecule is Cc1c(F)cc(N)cc1S(=O)(=O)Nc1cc(Br)ccc1F. The number of rotatable bonds is 3. The number of sulfonamides is 1. The number of nitrogen functional groups attached to an aromatic ring is 1. The standard InChI is InChI=1S/C13H11BrF2N2O2S/c1-7-11(16)5-9(17)6-13(7)21(19,20)18-12-4-8(14)2-3-10(12)15/h2-6,18H,17H2,1H3. The molecule has 0 unspecified atom stereocenters. The molecule has 2 rings (SSSR count). The van der Waals surface area contributed by atoms with Crippen molar-refractivity contribution in [1.29, 1.82) is 0 Å². The van der Waals surface area contributed by atoms with E-state index in [9.17, 15) is 17.2 Å². The van der Waals surface area contributed by atoms with Gasteiger partial charge in [-0.1, -0.05) is 15.9 Å². The van der Waals surface area contributed by atoms with E-state index < -0.39 is 21.7 Å². The van der Waals surface area contributed by atoms with Crippen LogP contribution >= 0.6 is 15.9 Å². The van der Waals surface area contributed by atoms with Gasteiger partial charge in [-0.05, 0) is 37.3 Å². The fourth-order valence-corrected chi connectivity index (χ4v) is 3.44. The van der Waals surface area contributed by atoms with Crippen LogP contribution in [-0.2, 0) is 10.0 Å². The van der Waals surface area contributed by atoms with Gasteiger partial charge in [-0.3, -0.25) is 4.72 Å². The highest BCUT2D eigenvalue weighted by Gasteiger charge is 2.21. The minimum absolute atomic E-state index is 0.0341. The van der Waals surface area contributed by atoms with Gasteiger partial charge in [0.2, 0.25) is 0 Å². The first-order chi connectivity index (χ1) is 9.70. The van der Waals surface area contributed by atoms with Crippen molar-refractivity contribution in [2.24, 2.45) is 0 Å². The van der Waals surface area contributed by atoms with Crippen LogP contribution in [0.1, 0.15) is 5.56 Å².